The van der Waals surface area contributed by atoms with E-state index in [4.69, 9.17) is 0 Å². The van der Waals surface area contributed by atoms with Crippen LogP contribution in [0.2, 0.25) is 0 Å². The monoisotopic (exact) mass is 749 g/mol. The van der Waals surface area contributed by atoms with E-state index in [2.05, 4.69) is 241 Å². The Morgan fingerprint density at radius 2 is 0.712 bits per heavy atom. The summed E-state index contributed by atoms with van der Waals surface area (Å²) in [6, 6.07) is 86.1. The molecule has 0 fully saturated rings. The highest BCUT2D eigenvalue weighted by Crippen LogP contribution is 2.44. The molecule has 0 saturated carbocycles. The van der Waals surface area contributed by atoms with Crippen molar-refractivity contribution in [3.05, 3.63) is 237 Å². The second-order valence-corrected chi connectivity index (χ2v) is 15.2. The molecule has 0 aliphatic rings. The van der Waals surface area contributed by atoms with E-state index in [-0.39, 0.29) is 0 Å². The molecular weight excluding hydrogens is 711 g/mol. The Kier molecular flexibility index (Phi) is 8.56. The molecule has 0 unspecified atom stereocenters. The van der Waals surface area contributed by atoms with Crippen molar-refractivity contribution >= 4 is 60.2 Å². The number of hydrogen-bond acceptors (Lipinski definition) is 1. The summed E-state index contributed by atoms with van der Waals surface area (Å²) in [5.74, 6) is 0. The van der Waals surface area contributed by atoms with Crippen molar-refractivity contribution in [2.45, 2.75) is 0 Å². The molecule has 276 valence electrons. The van der Waals surface area contributed by atoms with Crippen LogP contribution < -0.4 is 4.90 Å². The van der Waals surface area contributed by atoms with Crippen LogP contribution in [-0.2, 0) is 0 Å². The summed E-state index contributed by atoms with van der Waals surface area (Å²) in [4.78, 5) is 2.38. The Morgan fingerprint density at radius 1 is 0.237 bits per heavy atom. The van der Waals surface area contributed by atoms with Gasteiger partial charge in [0.1, 0.15) is 0 Å². The normalized spacial score (nSPS) is 11.4. The van der Waals surface area contributed by atoms with Gasteiger partial charge in [0.05, 0.1) is 0 Å². The first-order valence-electron chi connectivity index (χ1n) is 20.3. The molecule has 0 saturated heterocycles. The molecule has 0 aliphatic heterocycles. The molecule has 1 nitrogen and oxygen atoms in total. The third-order valence-electron chi connectivity index (χ3n) is 11.8. The van der Waals surface area contributed by atoms with Crippen molar-refractivity contribution in [3.63, 3.8) is 0 Å². The fourth-order valence-electron chi connectivity index (χ4n) is 9.11. The van der Waals surface area contributed by atoms with E-state index < -0.39 is 0 Å². The number of nitrogens with zero attached hydrogens (tertiary/aromatic N) is 1. The molecule has 0 heterocycles. The topological polar surface area (TPSA) is 3.24 Å². The SMILES string of the molecule is c1ccc(-c2cccc(N(c3ccc(-c4c(-c5ccccc5)ccc5ccccc45)cc3)c3ccc(-c4cccc5c6ccccc6c6ccccc6c45)cc3)c2)cc1. The fourth-order valence-corrected chi connectivity index (χ4v) is 9.11. The second-order valence-electron chi connectivity index (χ2n) is 15.2. The van der Waals surface area contributed by atoms with E-state index in [1.165, 1.54) is 87.6 Å². The Bertz CT molecular complexity index is 3250. The summed E-state index contributed by atoms with van der Waals surface area (Å²) in [5, 5.41) is 10.2. The van der Waals surface area contributed by atoms with Crippen LogP contribution in [0.1, 0.15) is 0 Å². The van der Waals surface area contributed by atoms with Crippen molar-refractivity contribution in [2.24, 2.45) is 0 Å². The minimum absolute atomic E-state index is 1.09. The molecule has 1 heteroatoms. The van der Waals surface area contributed by atoms with Crippen LogP contribution in [0.25, 0.3) is 87.6 Å². The highest BCUT2D eigenvalue weighted by atomic mass is 15.1. The van der Waals surface area contributed by atoms with Crippen LogP contribution >= 0.6 is 0 Å². The maximum Gasteiger partial charge on any atom is 0.0467 e. The number of anilines is 3. The largest absolute Gasteiger partial charge is 0.310 e. The van der Waals surface area contributed by atoms with Gasteiger partial charge >= 0.3 is 0 Å². The zero-order valence-corrected chi connectivity index (χ0v) is 32.5. The van der Waals surface area contributed by atoms with Crippen LogP contribution in [0, 0.1) is 0 Å². The summed E-state index contributed by atoms with van der Waals surface area (Å²) in [5.41, 5.74) is 13.0. The third kappa shape index (κ3) is 6.12. The first kappa shape index (κ1) is 34.5. The highest BCUT2D eigenvalue weighted by molar-refractivity contribution is 6.28. The molecule has 0 bridgehead atoms. The van der Waals surface area contributed by atoms with Gasteiger partial charge < -0.3 is 4.90 Å². The van der Waals surface area contributed by atoms with E-state index in [9.17, 15) is 0 Å². The molecule has 0 aliphatic carbocycles. The zero-order chi connectivity index (χ0) is 39.1. The summed E-state index contributed by atoms with van der Waals surface area (Å²) < 4.78 is 0. The highest BCUT2D eigenvalue weighted by Gasteiger charge is 2.18. The minimum Gasteiger partial charge on any atom is -0.310 e. The van der Waals surface area contributed by atoms with Gasteiger partial charge in [0.2, 0.25) is 0 Å². The average Bonchev–Trinajstić information content (AvgIpc) is 3.32. The Morgan fingerprint density at radius 3 is 1.37 bits per heavy atom. The lowest BCUT2D eigenvalue weighted by Gasteiger charge is -2.27. The van der Waals surface area contributed by atoms with E-state index in [0.29, 0.717) is 0 Å². The molecule has 59 heavy (non-hydrogen) atoms. The molecule has 11 rings (SSSR count). The summed E-state index contributed by atoms with van der Waals surface area (Å²) in [7, 11) is 0. The van der Waals surface area contributed by atoms with Gasteiger partial charge in [-0.05, 0) is 124 Å². The van der Waals surface area contributed by atoms with Gasteiger partial charge in [-0.2, -0.15) is 0 Å². The zero-order valence-electron chi connectivity index (χ0n) is 32.5. The molecule has 0 atom stereocenters. The Balaban J connectivity index is 1.05. The van der Waals surface area contributed by atoms with Crippen molar-refractivity contribution in [1.29, 1.82) is 0 Å². The van der Waals surface area contributed by atoms with E-state index in [1.54, 1.807) is 0 Å². The lowest BCUT2D eigenvalue weighted by molar-refractivity contribution is 1.28. The van der Waals surface area contributed by atoms with Crippen LogP contribution in [0.4, 0.5) is 17.1 Å². The van der Waals surface area contributed by atoms with Crippen LogP contribution in [0.5, 0.6) is 0 Å². The standard InChI is InChI=1S/C58H39N/c1-3-15-40(16-4-1)45-20-13-21-48(39-45)59(47-36-31-44(32-37-47)57-49-22-8-7-19-42(49)33-38-51(57)41-17-5-2-6-18-41)46-34-29-43(30-35-46)50-27-14-28-56-54-24-10-9-23-52(54)53-25-11-12-26-55(53)58(50)56/h1-39H. The molecule has 11 aromatic rings. The van der Waals surface area contributed by atoms with Gasteiger partial charge in [0.25, 0.3) is 0 Å². The third-order valence-corrected chi connectivity index (χ3v) is 11.8. The molecule has 0 N–H and O–H groups in total. The van der Waals surface area contributed by atoms with Gasteiger partial charge in [-0.25, -0.2) is 0 Å². The van der Waals surface area contributed by atoms with Gasteiger partial charge in [-0.15, -0.1) is 0 Å². The maximum absolute atomic E-state index is 2.38. The number of fused-ring (bicyclic) bond motifs is 7. The fraction of sp³-hybridized carbons (Fsp3) is 0. The number of rotatable bonds is 7. The van der Waals surface area contributed by atoms with Crippen molar-refractivity contribution in [1.82, 2.24) is 0 Å². The van der Waals surface area contributed by atoms with E-state index >= 15 is 0 Å². The molecule has 11 aromatic carbocycles. The maximum atomic E-state index is 2.38. The smallest absolute Gasteiger partial charge is 0.0467 e. The van der Waals surface area contributed by atoms with Crippen molar-refractivity contribution in [2.75, 3.05) is 4.90 Å². The predicted octanol–water partition coefficient (Wildman–Crippen LogP) is 16.4. The Hall–Kier alpha value is -7.74. The van der Waals surface area contributed by atoms with Gasteiger partial charge in [-0.1, -0.05) is 200 Å². The molecule has 0 aromatic heterocycles. The molecule has 0 spiro atoms. The van der Waals surface area contributed by atoms with Gasteiger partial charge in [0, 0.05) is 17.1 Å². The minimum atomic E-state index is 1.09. The lowest BCUT2D eigenvalue weighted by atomic mass is 9.89. The first-order valence-corrected chi connectivity index (χ1v) is 20.3. The summed E-state index contributed by atoms with van der Waals surface area (Å²) in [6.45, 7) is 0. The van der Waals surface area contributed by atoms with Gasteiger partial charge in [-0.3, -0.25) is 0 Å². The van der Waals surface area contributed by atoms with Crippen LogP contribution in [0.3, 0.4) is 0 Å². The summed E-state index contributed by atoms with van der Waals surface area (Å²) in [6.07, 6.45) is 0. The predicted molar refractivity (Wildman–Crippen MR) is 253 cm³/mol. The molecular formula is C58H39N. The number of hydrogen-bond donors (Lipinski definition) is 0. The van der Waals surface area contributed by atoms with Crippen molar-refractivity contribution in [3.8, 4) is 44.5 Å². The quantitative estimate of drug-likeness (QED) is 0.147. The van der Waals surface area contributed by atoms with Gasteiger partial charge in [0.15, 0.2) is 0 Å². The summed E-state index contributed by atoms with van der Waals surface area (Å²) >= 11 is 0. The Labute approximate surface area is 344 Å². The average molecular weight is 750 g/mol. The lowest BCUT2D eigenvalue weighted by Crippen LogP contribution is -2.10. The van der Waals surface area contributed by atoms with Crippen molar-refractivity contribution < 1.29 is 0 Å². The first-order chi connectivity index (χ1) is 29.3. The van der Waals surface area contributed by atoms with Crippen LogP contribution in [-0.4, -0.2) is 0 Å². The molecule has 0 radical (unpaired) electrons. The van der Waals surface area contributed by atoms with Crippen LogP contribution in [0.15, 0.2) is 237 Å². The number of benzene rings is 11. The van der Waals surface area contributed by atoms with E-state index in [0.717, 1.165) is 17.1 Å². The van der Waals surface area contributed by atoms with E-state index in [1.807, 2.05) is 0 Å². The second kappa shape index (κ2) is 14.6. The molecule has 0 amide bonds.